The van der Waals surface area contributed by atoms with E-state index in [1.54, 1.807) is 12.1 Å². The van der Waals surface area contributed by atoms with Gasteiger partial charge in [-0.05, 0) is 12.1 Å². The molecule has 5 rings (SSSR count). The van der Waals surface area contributed by atoms with Crippen molar-refractivity contribution in [2.45, 2.75) is 5.41 Å². The molecule has 0 amide bonds. The molecule has 0 fully saturated rings. The molecule has 3 aromatic carbocycles. The summed E-state index contributed by atoms with van der Waals surface area (Å²) in [4.78, 5) is 9.46. The van der Waals surface area contributed by atoms with Gasteiger partial charge >= 0.3 is 0 Å². The first kappa shape index (κ1) is 16.5. The van der Waals surface area contributed by atoms with Crippen molar-refractivity contribution in [1.82, 2.24) is 9.97 Å². The van der Waals surface area contributed by atoms with Gasteiger partial charge in [0.15, 0.2) is 0 Å². The number of allylic oxidation sites excluding steroid dienone is 1. The van der Waals surface area contributed by atoms with Crippen LogP contribution in [-0.4, -0.2) is 9.97 Å². The van der Waals surface area contributed by atoms with E-state index in [1.165, 1.54) is 0 Å². The van der Waals surface area contributed by atoms with E-state index in [0.29, 0.717) is 27.5 Å². The molecule has 2 heterocycles. The Morgan fingerprint density at radius 2 is 1.41 bits per heavy atom. The Morgan fingerprint density at radius 3 is 2.03 bits per heavy atom. The molecule has 0 saturated heterocycles. The molecule has 2 N–H and O–H groups in total. The van der Waals surface area contributed by atoms with Crippen LogP contribution in [0.5, 0.6) is 5.75 Å². The Balaban J connectivity index is 2.12. The quantitative estimate of drug-likeness (QED) is 0.369. The zero-order valence-electron chi connectivity index (χ0n) is 14.8. The summed E-state index contributed by atoms with van der Waals surface area (Å²) in [6, 6.07) is 20.5. The van der Waals surface area contributed by atoms with Gasteiger partial charge in [-0.25, -0.2) is 9.97 Å². The predicted octanol–water partition coefficient (Wildman–Crippen LogP) is 3.31. The molecule has 0 bridgehead atoms. The van der Waals surface area contributed by atoms with Gasteiger partial charge in [0.25, 0.3) is 0 Å². The molecule has 134 valence electrons. The first-order valence-electron chi connectivity index (χ1n) is 8.67. The summed E-state index contributed by atoms with van der Waals surface area (Å²) in [5.41, 5.74) is 6.08. The molecular formula is C22H10N6O. The number of benzene rings is 3. The van der Waals surface area contributed by atoms with E-state index >= 15 is 0 Å². The third kappa shape index (κ3) is 1.97. The minimum Gasteiger partial charge on any atom is -0.439 e. The van der Waals surface area contributed by atoms with Gasteiger partial charge in [0.05, 0.1) is 34.3 Å². The first-order chi connectivity index (χ1) is 14.1. The SMILES string of the molecule is N#CC1=C(N)Oc2c(c3nc4ccccc4nc3c3ccccc23)C1(C#N)C#N. The van der Waals surface area contributed by atoms with Gasteiger partial charge in [-0.2, -0.15) is 15.8 Å². The molecule has 29 heavy (non-hydrogen) atoms. The highest BCUT2D eigenvalue weighted by molar-refractivity contribution is 6.12. The first-order valence-corrected chi connectivity index (χ1v) is 8.67. The number of aromatic nitrogens is 2. The number of nitrogens with two attached hydrogens (primary N) is 1. The topological polar surface area (TPSA) is 132 Å². The maximum absolute atomic E-state index is 10.0. The second kappa shape index (κ2) is 5.66. The van der Waals surface area contributed by atoms with Gasteiger partial charge in [0.2, 0.25) is 11.3 Å². The van der Waals surface area contributed by atoms with Crippen LogP contribution in [0.2, 0.25) is 0 Å². The minimum atomic E-state index is -1.95. The van der Waals surface area contributed by atoms with Gasteiger partial charge in [-0.15, -0.1) is 0 Å². The number of rotatable bonds is 0. The molecule has 7 heteroatoms. The van der Waals surface area contributed by atoms with Crippen LogP contribution in [0.4, 0.5) is 0 Å². The maximum atomic E-state index is 10.0. The fraction of sp³-hybridized carbons (Fsp3) is 0.0455. The molecule has 0 saturated carbocycles. The maximum Gasteiger partial charge on any atom is 0.214 e. The molecule has 7 nitrogen and oxygen atoms in total. The van der Waals surface area contributed by atoms with E-state index in [1.807, 2.05) is 54.6 Å². The number of para-hydroxylation sites is 2. The van der Waals surface area contributed by atoms with Crippen LogP contribution in [0.25, 0.3) is 32.8 Å². The van der Waals surface area contributed by atoms with Gasteiger partial charge in [-0.3, -0.25) is 0 Å². The molecule has 1 aliphatic rings. The van der Waals surface area contributed by atoms with Gasteiger partial charge < -0.3 is 10.5 Å². The van der Waals surface area contributed by atoms with Crippen molar-refractivity contribution in [3.8, 4) is 24.0 Å². The summed E-state index contributed by atoms with van der Waals surface area (Å²) in [6.45, 7) is 0. The second-order valence-corrected chi connectivity index (χ2v) is 6.59. The molecule has 1 aromatic heterocycles. The summed E-state index contributed by atoms with van der Waals surface area (Å²) < 4.78 is 5.79. The Bertz CT molecular complexity index is 1520. The summed E-state index contributed by atoms with van der Waals surface area (Å²) in [5.74, 6) is -0.0152. The third-order valence-electron chi connectivity index (χ3n) is 5.12. The average Bonchev–Trinajstić information content (AvgIpc) is 2.77. The van der Waals surface area contributed by atoms with Gasteiger partial charge in [0, 0.05) is 10.8 Å². The zero-order valence-corrected chi connectivity index (χ0v) is 14.8. The van der Waals surface area contributed by atoms with Gasteiger partial charge in [0.1, 0.15) is 22.9 Å². The molecule has 0 spiro atoms. The van der Waals surface area contributed by atoms with Crippen LogP contribution in [-0.2, 0) is 5.41 Å². The molecular weight excluding hydrogens is 364 g/mol. The monoisotopic (exact) mass is 374 g/mol. The summed E-state index contributed by atoms with van der Waals surface area (Å²) in [5, 5.41) is 31.1. The lowest BCUT2D eigenvalue weighted by Gasteiger charge is -2.29. The number of ether oxygens (including phenoxy) is 1. The summed E-state index contributed by atoms with van der Waals surface area (Å²) in [7, 11) is 0. The fourth-order valence-electron chi connectivity index (χ4n) is 3.80. The lowest BCUT2D eigenvalue weighted by Crippen LogP contribution is -2.34. The number of hydrogen-bond donors (Lipinski definition) is 1. The third-order valence-corrected chi connectivity index (χ3v) is 5.12. The van der Waals surface area contributed by atoms with Crippen LogP contribution in [0, 0.1) is 34.0 Å². The number of hydrogen-bond acceptors (Lipinski definition) is 7. The van der Waals surface area contributed by atoms with Crippen molar-refractivity contribution in [1.29, 1.82) is 15.8 Å². The van der Waals surface area contributed by atoms with Crippen LogP contribution in [0.3, 0.4) is 0 Å². The van der Waals surface area contributed by atoms with E-state index in [2.05, 4.69) is 0 Å². The van der Waals surface area contributed by atoms with Crippen molar-refractivity contribution < 1.29 is 4.74 Å². The average molecular weight is 374 g/mol. The Kier molecular flexibility index (Phi) is 3.22. The highest BCUT2D eigenvalue weighted by atomic mass is 16.5. The zero-order chi connectivity index (χ0) is 20.2. The molecule has 1 aliphatic heterocycles. The Labute approximate surface area is 164 Å². The van der Waals surface area contributed by atoms with E-state index in [4.69, 9.17) is 20.4 Å². The van der Waals surface area contributed by atoms with Crippen molar-refractivity contribution in [2.75, 3.05) is 0 Å². The van der Waals surface area contributed by atoms with Crippen molar-refractivity contribution in [3.05, 3.63) is 65.6 Å². The Morgan fingerprint density at radius 1 is 0.828 bits per heavy atom. The van der Waals surface area contributed by atoms with Crippen LogP contribution >= 0.6 is 0 Å². The molecule has 4 aromatic rings. The largest absolute Gasteiger partial charge is 0.439 e. The second-order valence-electron chi connectivity index (χ2n) is 6.59. The predicted molar refractivity (Wildman–Crippen MR) is 105 cm³/mol. The van der Waals surface area contributed by atoms with Crippen LogP contribution in [0.1, 0.15) is 5.56 Å². The van der Waals surface area contributed by atoms with E-state index < -0.39 is 5.41 Å². The van der Waals surface area contributed by atoms with E-state index in [0.717, 1.165) is 5.39 Å². The fourth-order valence-corrected chi connectivity index (χ4v) is 3.80. The van der Waals surface area contributed by atoms with E-state index in [9.17, 15) is 15.8 Å². The molecule has 0 atom stereocenters. The molecule has 0 unspecified atom stereocenters. The van der Waals surface area contributed by atoms with Crippen molar-refractivity contribution in [2.24, 2.45) is 5.73 Å². The standard InChI is InChI=1S/C22H10N6O/c23-9-14-21(26)29-20-13-6-2-1-5-12(13)18-19(17(20)22(14,10-24)11-25)28-16-8-4-3-7-15(16)27-18/h1-8H,26H2. The normalized spacial score (nSPS) is 14.7. The Hall–Kier alpha value is -4.67. The summed E-state index contributed by atoms with van der Waals surface area (Å²) in [6.07, 6.45) is 0. The highest BCUT2D eigenvalue weighted by Crippen LogP contribution is 2.49. The van der Waals surface area contributed by atoms with Crippen molar-refractivity contribution in [3.63, 3.8) is 0 Å². The molecule has 0 radical (unpaired) electrons. The van der Waals surface area contributed by atoms with E-state index in [-0.39, 0.29) is 22.8 Å². The smallest absolute Gasteiger partial charge is 0.214 e. The minimum absolute atomic E-state index is 0.195. The van der Waals surface area contributed by atoms with Crippen molar-refractivity contribution >= 4 is 32.8 Å². The lowest BCUT2D eigenvalue weighted by atomic mass is 9.74. The highest BCUT2D eigenvalue weighted by Gasteiger charge is 2.48. The molecule has 0 aliphatic carbocycles. The van der Waals surface area contributed by atoms with Crippen LogP contribution in [0.15, 0.2) is 60.0 Å². The number of nitriles is 3. The number of fused-ring (bicyclic) bond motifs is 7. The van der Waals surface area contributed by atoms with Crippen LogP contribution < -0.4 is 10.5 Å². The number of nitrogens with zero attached hydrogens (tertiary/aromatic N) is 5. The summed E-state index contributed by atoms with van der Waals surface area (Å²) >= 11 is 0. The lowest BCUT2D eigenvalue weighted by molar-refractivity contribution is 0.392. The van der Waals surface area contributed by atoms with Gasteiger partial charge in [-0.1, -0.05) is 36.4 Å².